The van der Waals surface area contributed by atoms with E-state index in [1.54, 1.807) is 4.31 Å². The van der Waals surface area contributed by atoms with E-state index in [4.69, 9.17) is 0 Å². The fourth-order valence-corrected chi connectivity index (χ4v) is 5.33. The van der Waals surface area contributed by atoms with Crippen LogP contribution in [0.25, 0.3) is 0 Å². The number of nitrogens with one attached hydrogen (secondary N) is 1. The standard InChI is InChI=1S/C16H24N2O2S/c19-21(20,13-14-5-4-9-17-11-14)18-10-8-16(12-18)15-6-2-1-3-7-15/h1-3,6-7,14,16-17H,4-5,8-13H2. The van der Waals surface area contributed by atoms with Gasteiger partial charge in [-0.2, -0.15) is 0 Å². The van der Waals surface area contributed by atoms with Crippen LogP contribution in [-0.2, 0) is 10.0 Å². The van der Waals surface area contributed by atoms with E-state index >= 15 is 0 Å². The molecule has 2 atom stereocenters. The Morgan fingerprint density at radius 3 is 2.71 bits per heavy atom. The van der Waals surface area contributed by atoms with Gasteiger partial charge in [-0.3, -0.25) is 0 Å². The zero-order chi connectivity index (χ0) is 14.7. The minimum absolute atomic E-state index is 0.277. The van der Waals surface area contributed by atoms with Gasteiger partial charge in [0.1, 0.15) is 0 Å². The zero-order valence-electron chi connectivity index (χ0n) is 12.4. The van der Waals surface area contributed by atoms with E-state index in [0.29, 0.717) is 24.8 Å². The van der Waals surface area contributed by atoms with Crippen LogP contribution in [0.15, 0.2) is 30.3 Å². The SMILES string of the molecule is O=S(=O)(CC1CCCNC1)N1CCC(c2ccccc2)C1. The predicted octanol–water partition coefficient (Wildman–Crippen LogP) is 1.81. The molecule has 116 valence electrons. The van der Waals surface area contributed by atoms with Gasteiger partial charge >= 0.3 is 0 Å². The first-order valence-corrected chi connectivity index (χ1v) is 9.49. The van der Waals surface area contributed by atoms with Crippen LogP contribution in [0.2, 0.25) is 0 Å². The van der Waals surface area contributed by atoms with E-state index in [9.17, 15) is 8.42 Å². The summed E-state index contributed by atoms with van der Waals surface area (Å²) in [5.74, 6) is 0.937. The zero-order valence-corrected chi connectivity index (χ0v) is 13.2. The quantitative estimate of drug-likeness (QED) is 0.923. The molecule has 0 saturated carbocycles. The van der Waals surface area contributed by atoms with Crippen molar-refractivity contribution < 1.29 is 8.42 Å². The first-order chi connectivity index (χ1) is 10.1. The fourth-order valence-electron chi connectivity index (χ4n) is 3.45. The smallest absolute Gasteiger partial charge is 0.214 e. The highest BCUT2D eigenvalue weighted by Gasteiger charge is 2.33. The van der Waals surface area contributed by atoms with Crippen LogP contribution >= 0.6 is 0 Å². The van der Waals surface area contributed by atoms with Crippen LogP contribution in [0.1, 0.15) is 30.7 Å². The summed E-state index contributed by atoms with van der Waals surface area (Å²) in [5, 5.41) is 3.30. The lowest BCUT2D eigenvalue weighted by Gasteiger charge is -2.25. The summed E-state index contributed by atoms with van der Waals surface area (Å²) in [6, 6.07) is 10.3. The van der Waals surface area contributed by atoms with Gasteiger partial charge in [0.25, 0.3) is 0 Å². The molecule has 2 fully saturated rings. The first-order valence-electron chi connectivity index (χ1n) is 7.88. The summed E-state index contributed by atoms with van der Waals surface area (Å²) in [6.45, 7) is 3.18. The summed E-state index contributed by atoms with van der Waals surface area (Å²) in [5.41, 5.74) is 1.26. The normalized spacial score (nSPS) is 27.8. The van der Waals surface area contributed by atoms with Gasteiger partial charge in [-0.1, -0.05) is 30.3 Å². The van der Waals surface area contributed by atoms with Crippen molar-refractivity contribution in [1.29, 1.82) is 0 Å². The number of nitrogens with zero attached hydrogens (tertiary/aromatic N) is 1. The molecule has 3 rings (SSSR count). The highest BCUT2D eigenvalue weighted by Crippen LogP contribution is 2.29. The van der Waals surface area contributed by atoms with Crippen LogP contribution < -0.4 is 5.32 Å². The Morgan fingerprint density at radius 1 is 1.19 bits per heavy atom. The molecule has 2 saturated heterocycles. The molecule has 2 aliphatic rings. The molecule has 0 spiro atoms. The molecule has 2 aliphatic heterocycles. The Balaban J connectivity index is 1.62. The van der Waals surface area contributed by atoms with Crippen molar-refractivity contribution in [2.24, 2.45) is 5.92 Å². The highest BCUT2D eigenvalue weighted by molar-refractivity contribution is 7.89. The lowest BCUT2D eigenvalue weighted by atomic mass is 9.99. The molecular weight excluding hydrogens is 284 g/mol. The molecule has 21 heavy (non-hydrogen) atoms. The predicted molar refractivity (Wildman–Crippen MR) is 84.8 cm³/mol. The number of piperidine rings is 1. The maximum Gasteiger partial charge on any atom is 0.214 e. The number of rotatable bonds is 4. The second-order valence-corrected chi connectivity index (χ2v) is 8.26. The summed E-state index contributed by atoms with van der Waals surface area (Å²) >= 11 is 0. The molecule has 1 aromatic rings. The van der Waals surface area contributed by atoms with Crippen molar-refractivity contribution in [3.05, 3.63) is 35.9 Å². The summed E-state index contributed by atoms with van der Waals surface area (Å²) in [4.78, 5) is 0. The molecule has 0 amide bonds. The minimum atomic E-state index is -3.11. The maximum absolute atomic E-state index is 12.6. The molecule has 5 heteroatoms. The number of hydrogen-bond donors (Lipinski definition) is 1. The van der Waals surface area contributed by atoms with Crippen molar-refractivity contribution in [1.82, 2.24) is 9.62 Å². The lowest BCUT2D eigenvalue weighted by molar-refractivity contribution is 0.392. The molecule has 0 radical (unpaired) electrons. The third kappa shape index (κ3) is 3.65. The van der Waals surface area contributed by atoms with Gasteiger partial charge in [0.15, 0.2) is 0 Å². The van der Waals surface area contributed by atoms with Crippen molar-refractivity contribution >= 4 is 10.0 Å². The molecule has 1 N–H and O–H groups in total. The van der Waals surface area contributed by atoms with E-state index in [0.717, 1.165) is 32.4 Å². The second-order valence-electron chi connectivity index (χ2n) is 6.25. The average Bonchev–Trinajstić information content (AvgIpc) is 2.99. The number of benzene rings is 1. The third-order valence-electron chi connectivity index (χ3n) is 4.66. The van der Waals surface area contributed by atoms with Gasteiger partial charge < -0.3 is 5.32 Å². The van der Waals surface area contributed by atoms with Gasteiger partial charge in [0.05, 0.1) is 5.75 Å². The minimum Gasteiger partial charge on any atom is -0.316 e. The van der Waals surface area contributed by atoms with Crippen LogP contribution in [0, 0.1) is 5.92 Å². The van der Waals surface area contributed by atoms with Crippen LogP contribution in [-0.4, -0.2) is 44.7 Å². The van der Waals surface area contributed by atoms with Crippen molar-refractivity contribution in [2.75, 3.05) is 31.9 Å². The van der Waals surface area contributed by atoms with E-state index in [-0.39, 0.29) is 5.92 Å². The van der Waals surface area contributed by atoms with Crippen molar-refractivity contribution in [3.8, 4) is 0 Å². The highest BCUT2D eigenvalue weighted by atomic mass is 32.2. The van der Waals surface area contributed by atoms with Crippen LogP contribution in [0.4, 0.5) is 0 Å². The Bertz CT molecular complexity index is 553. The third-order valence-corrected chi connectivity index (χ3v) is 6.67. The van der Waals surface area contributed by atoms with Gasteiger partial charge in [0, 0.05) is 13.1 Å². The van der Waals surface area contributed by atoms with E-state index < -0.39 is 10.0 Å². The Kier molecular flexibility index (Phi) is 4.62. The summed E-state index contributed by atoms with van der Waals surface area (Å²) < 4.78 is 26.9. The molecule has 4 nitrogen and oxygen atoms in total. The Hall–Kier alpha value is -0.910. The second kappa shape index (κ2) is 6.46. The van der Waals surface area contributed by atoms with E-state index in [1.165, 1.54) is 5.56 Å². The molecular formula is C16H24N2O2S. The van der Waals surface area contributed by atoms with Gasteiger partial charge in [-0.15, -0.1) is 0 Å². The largest absolute Gasteiger partial charge is 0.316 e. The molecule has 2 heterocycles. The summed E-state index contributed by atoms with van der Waals surface area (Å²) in [7, 11) is -3.11. The Labute approximate surface area is 127 Å². The summed E-state index contributed by atoms with van der Waals surface area (Å²) in [6.07, 6.45) is 3.06. The van der Waals surface area contributed by atoms with Crippen LogP contribution in [0.5, 0.6) is 0 Å². The van der Waals surface area contributed by atoms with E-state index in [1.807, 2.05) is 18.2 Å². The Morgan fingerprint density at radius 2 is 2.00 bits per heavy atom. The average molecular weight is 308 g/mol. The van der Waals surface area contributed by atoms with Crippen LogP contribution in [0.3, 0.4) is 0 Å². The topological polar surface area (TPSA) is 49.4 Å². The van der Waals surface area contributed by atoms with Gasteiger partial charge in [-0.25, -0.2) is 12.7 Å². The van der Waals surface area contributed by atoms with Gasteiger partial charge in [-0.05, 0) is 49.8 Å². The molecule has 2 unspecified atom stereocenters. The monoisotopic (exact) mass is 308 g/mol. The molecule has 1 aromatic carbocycles. The van der Waals surface area contributed by atoms with Crippen molar-refractivity contribution in [2.45, 2.75) is 25.2 Å². The molecule has 0 aliphatic carbocycles. The van der Waals surface area contributed by atoms with Crippen molar-refractivity contribution in [3.63, 3.8) is 0 Å². The first kappa shape index (κ1) is 15.0. The molecule has 0 bridgehead atoms. The number of sulfonamides is 1. The number of hydrogen-bond acceptors (Lipinski definition) is 3. The van der Waals surface area contributed by atoms with Gasteiger partial charge in [0.2, 0.25) is 10.0 Å². The maximum atomic E-state index is 12.6. The fraction of sp³-hybridized carbons (Fsp3) is 0.625. The lowest BCUT2D eigenvalue weighted by Crippen LogP contribution is -2.39. The molecule has 0 aromatic heterocycles. The van der Waals surface area contributed by atoms with E-state index in [2.05, 4.69) is 17.4 Å².